The van der Waals surface area contributed by atoms with Gasteiger partial charge in [0.15, 0.2) is 0 Å². The minimum absolute atomic E-state index is 0. The van der Waals surface area contributed by atoms with Gasteiger partial charge in [0.05, 0.1) is 0 Å². The molecule has 60 valence electrons. The second-order valence-corrected chi connectivity index (χ2v) is 5.75. The fourth-order valence-electron chi connectivity index (χ4n) is 0. The molecule has 0 heterocycles. The SMILES string of the molecule is O=P([O-])([O-])P(=O)([O-])[O-].[Ni]. The first kappa shape index (κ1) is 12.5. The van der Waals surface area contributed by atoms with Crippen molar-refractivity contribution < 1.29 is 45.2 Å². The summed E-state index contributed by atoms with van der Waals surface area (Å²) in [5.41, 5.74) is 0. The average Bonchev–Trinajstić information content (AvgIpc) is 1.25. The predicted octanol–water partition coefficient (Wildman–Crippen LogP) is -3.27. The van der Waals surface area contributed by atoms with Crippen molar-refractivity contribution in [3.05, 3.63) is 0 Å². The molecule has 0 saturated carbocycles. The van der Waals surface area contributed by atoms with E-state index in [1.165, 1.54) is 0 Å². The van der Waals surface area contributed by atoms with E-state index in [9.17, 15) is 28.7 Å². The third-order valence-electron chi connectivity index (χ3n) is 0.300. The normalized spacial score (nSPS) is 12.4. The van der Waals surface area contributed by atoms with Crippen molar-refractivity contribution >= 4 is 14.6 Å². The van der Waals surface area contributed by atoms with Crippen LogP contribution in [0.3, 0.4) is 0 Å². The third-order valence-corrected chi connectivity index (χ3v) is 2.70. The summed E-state index contributed by atoms with van der Waals surface area (Å²) < 4.78 is 18.5. The molecular weight excluding hydrogens is 217 g/mol. The topological polar surface area (TPSA) is 126 Å². The van der Waals surface area contributed by atoms with Crippen molar-refractivity contribution in [3.8, 4) is 0 Å². The van der Waals surface area contributed by atoms with E-state index in [1.54, 1.807) is 0 Å². The van der Waals surface area contributed by atoms with Gasteiger partial charge in [-0.15, -0.1) is 0 Å². The van der Waals surface area contributed by atoms with Crippen molar-refractivity contribution in [3.63, 3.8) is 0 Å². The third kappa shape index (κ3) is 4.23. The maximum atomic E-state index is 9.24. The quantitative estimate of drug-likeness (QED) is 0.334. The zero-order valence-electron chi connectivity index (χ0n) is 3.66. The van der Waals surface area contributed by atoms with E-state index in [0.717, 1.165) is 0 Å². The molecule has 0 N–H and O–H groups in total. The fourth-order valence-corrected chi connectivity index (χ4v) is 0. The zero-order valence-corrected chi connectivity index (χ0v) is 6.44. The predicted molar refractivity (Wildman–Crippen MR) is 15.2 cm³/mol. The maximum absolute atomic E-state index is 9.24. The Morgan fingerprint density at radius 2 is 0.889 bits per heavy atom. The van der Waals surface area contributed by atoms with Crippen LogP contribution in [0.2, 0.25) is 0 Å². The van der Waals surface area contributed by atoms with Crippen LogP contribution >= 0.6 is 14.6 Å². The minimum Gasteiger partial charge on any atom is -0.807 e. The first-order valence-corrected chi connectivity index (χ1v) is 5.09. The van der Waals surface area contributed by atoms with E-state index in [-0.39, 0.29) is 16.5 Å². The van der Waals surface area contributed by atoms with Gasteiger partial charge < -0.3 is 28.7 Å². The number of rotatable bonds is 1. The Morgan fingerprint density at radius 1 is 0.778 bits per heavy atom. The molecule has 0 unspecified atom stereocenters. The smallest absolute Gasteiger partial charge is 0 e. The van der Waals surface area contributed by atoms with Gasteiger partial charge in [0, 0.05) is 16.5 Å². The molecule has 0 rings (SSSR count). The van der Waals surface area contributed by atoms with Gasteiger partial charge in [0.1, 0.15) is 0 Å². The maximum Gasteiger partial charge on any atom is 0 e. The van der Waals surface area contributed by atoms with Crippen LogP contribution in [0, 0.1) is 0 Å². The first-order valence-electron chi connectivity index (χ1n) is 1.30. The molecule has 0 aliphatic rings. The Bertz CT molecular complexity index is 140. The molecule has 0 saturated heterocycles. The largest absolute Gasteiger partial charge is 0.807 e. The monoisotopic (exact) mass is 216 g/mol. The molecule has 0 aromatic heterocycles. The van der Waals surface area contributed by atoms with Crippen LogP contribution in [0.15, 0.2) is 0 Å². The molecule has 0 fully saturated rings. The number of hydrogen-bond donors (Lipinski definition) is 0. The Balaban J connectivity index is 0. The zero-order chi connectivity index (χ0) is 7.00. The summed E-state index contributed by atoms with van der Waals surface area (Å²) in [4.78, 5) is 36.9. The molecule has 0 aromatic carbocycles. The summed E-state index contributed by atoms with van der Waals surface area (Å²) in [5, 5.41) is 0. The van der Waals surface area contributed by atoms with E-state index in [1.807, 2.05) is 0 Å². The van der Waals surface area contributed by atoms with Gasteiger partial charge in [-0.05, 0) is 14.6 Å². The molecule has 9 heavy (non-hydrogen) atoms. The van der Waals surface area contributed by atoms with Crippen LogP contribution in [0.25, 0.3) is 0 Å². The summed E-state index contributed by atoms with van der Waals surface area (Å²) in [6.45, 7) is 0. The molecule has 0 spiro atoms. The summed E-state index contributed by atoms with van der Waals surface area (Å²) in [6.07, 6.45) is 0. The molecule has 0 aliphatic heterocycles. The van der Waals surface area contributed by atoms with Crippen LogP contribution in [-0.2, 0) is 25.6 Å². The molecule has 0 atom stereocenters. The second-order valence-electron chi connectivity index (χ2n) is 0.937. The standard InChI is InChI=1S/Ni.H4O6P2/c;1-7(2,3)8(4,5)6/h;(H2,1,2,3)(H2,4,5,6)/p-4. The van der Waals surface area contributed by atoms with E-state index >= 15 is 0 Å². The Labute approximate surface area is 60.4 Å². The Morgan fingerprint density at radius 3 is 0.889 bits per heavy atom. The van der Waals surface area contributed by atoms with Gasteiger partial charge in [-0.1, -0.05) is 0 Å². The van der Waals surface area contributed by atoms with Gasteiger partial charge in [-0.25, -0.2) is 0 Å². The molecule has 0 bridgehead atoms. The summed E-state index contributed by atoms with van der Waals surface area (Å²) in [7, 11) is -11.8. The number of hydrogen-bond acceptors (Lipinski definition) is 6. The average molecular weight is 217 g/mol. The Hall–Kier alpha value is 0.794. The van der Waals surface area contributed by atoms with Crippen molar-refractivity contribution in [1.29, 1.82) is 0 Å². The molecule has 0 radical (unpaired) electrons. The van der Waals surface area contributed by atoms with E-state index < -0.39 is 14.6 Å². The fraction of sp³-hybridized carbons (Fsp3) is 0. The van der Waals surface area contributed by atoms with Crippen LogP contribution in [-0.4, -0.2) is 0 Å². The van der Waals surface area contributed by atoms with Crippen LogP contribution in [0.5, 0.6) is 0 Å². The van der Waals surface area contributed by atoms with Gasteiger partial charge in [-0.3, -0.25) is 0 Å². The van der Waals surface area contributed by atoms with Gasteiger partial charge in [0.25, 0.3) is 0 Å². The molecule has 0 aromatic rings. The summed E-state index contributed by atoms with van der Waals surface area (Å²) >= 11 is 0. The summed E-state index contributed by atoms with van der Waals surface area (Å²) in [6, 6.07) is 0. The van der Waals surface area contributed by atoms with Gasteiger partial charge in [-0.2, -0.15) is 0 Å². The van der Waals surface area contributed by atoms with E-state index in [4.69, 9.17) is 0 Å². The van der Waals surface area contributed by atoms with Crippen LogP contribution in [0.4, 0.5) is 0 Å². The van der Waals surface area contributed by atoms with Crippen molar-refractivity contribution in [1.82, 2.24) is 0 Å². The second kappa shape index (κ2) is 3.26. The molecule has 0 aliphatic carbocycles. The van der Waals surface area contributed by atoms with E-state index in [0.29, 0.717) is 0 Å². The van der Waals surface area contributed by atoms with Crippen molar-refractivity contribution in [2.45, 2.75) is 0 Å². The molecular formula is NiO6P2-4. The summed E-state index contributed by atoms with van der Waals surface area (Å²) in [5.74, 6) is 0. The van der Waals surface area contributed by atoms with Gasteiger partial charge >= 0.3 is 0 Å². The van der Waals surface area contributed by atoms with Crippen molar-refractivity contribution in [2.24, 2.45) is 0 Å². The Kier molecular flexibility index (Phi) is 4.52. The minimum atomic E-state index is -5.91. The van der Waals surface area contributed by atoms with Crippen LogP contribution in [0.1, 0.15) is 0 Å². The van der Waals surface area contributed by atoms with Crippen molar-refractivity contribution in [2.75, 3.05) is 0 Å². The van der Waals surface area contributed by atoms with Gasteiger partial charge in [0.2, 0.25) is 0 Å². The molecule has 9 heteroatoms. The molecule has 6 nitrogen and oxygen atoms in total. The first-order chi connectivity index (χ1) is 3.25. The molecule has 0 amide bonds. The van der Waals surface area contributed by atoms with Crippen LogP contribution < -0.4 is 19.6 Å². The van der Waals surface area contributed by atoms with E-state index in [2.05, 4.69) is 0 Å².